The third-order valence-corrected chi connectivity index (χ3v) is 6.72. The Morgan fingerprint density at radius 2 is 1.96 bits per heavy atom. The van der Waals surface area contributed by atoms with Crippen LogP contribution in [-0.4, -0.2) is 44.8 Å². The van der Waals surface area contributed by atoms with Gasteiger partial charge >= 0.3 is 0 Å². The highest BCUT2D eigenvalue weighted by atomic mass is 32.2. The van der Waals surface area contributed by atoms with Crippen molar-refractivity contribution >= 4 is 15.7 Å². The molecule has 2 aliphatic rings. The third kappa shape index (κ3) is 3.66. The highest BCUT2D eigenvalue weighted by Crippen LogP contribution is 2.54. The number of pyridine rings is 1. The van der Waals surface area contributed by atoms with E-state index in [-0.39, 0.29) is 5.60 Å². The van der Waals surface area contributed by atoms with Gasteiger partial charge in [-0.1, -0.05) is 18.2 Å². The minimum atomic E-state index is -3.31. The Hall–Kier alpha value is -1.96. The molecule has 1 aromatic carbocycles. The van der Waals surface area contributed by atoms with Crippen molar-refractivity contribution in [1.29, 1.82) is 0 Å². The molecule has 2 bridgehead atoms. The minimum absolute atomic E-state index is 0.360. The maximum absolute atomic E-state index is 11.6. The molecule has 0 radical (unpaired) electrons. The maximum atomic E-state index is 11.6. The second kappa shape index (κ2) is 7.46. The van der Waals surface area contributed by atoms with Gasteiger partial charge in [0.2, 0.25) is 10.0 Å². The summed E-state index contributed by atoms with van der Waals surface area (Å²) in [4.78, 5) is 6.72. The molecule has 28 heavy (non-hydrogen) atoms. The van der Waals surface area contributed by atoms with E-state index in [1.54, 1.807) is 19.4 Å². The molecule has 1 saturated carbocycles. The molecular formula is C21H27N3O3S. The summed E-state index contributed by atoms with van der Waals surface area (Å²) in [7, 11) is -1.52. The van der Waals surface area contributed by atoms with Crippen LogP contribution in [0.3, 0.4) is 0 Å². The number of nitrogens with one attached hydrogen (secondary N) is 1. The number of piperidine rings is 1. The number of fused-ring (bicyclic) bond motifs is 2. The molecule has 2 heterocycles. The van der Waals surface area contributed by atoms with Gasteiger partial charge in [-0.2, -0.15) is 0 Å². The number of methoxy groups -OCH3 is 1. The summed E-state index contributed by atoms with van der Waals surface area (Å²) in [6.45, 7) is 2.82. The van der Waals surface area contributed by atoms with Crippen LogP contribution in [0.2, 0.25) is 0 Å². The van der Waals surface area contributed by atoms with Crippen LogP contribution in [0.4, 0.5) is 5.69 Å². The highest BCUT2D eigenvalue weighted by Gasteiger charge is 2.55. The zero-order valence-corrected chi connectivity index (χ0v) is 17.2. The van der Waals surface area contributed by atoms with Gasteiger partial charge < -0.3 is 4.74 Å². The molecular weight excluding hydrogens is 374 g/mol. The molecule has 1 aliphatic heterocycles. The van der Waals surface area contributed by atoms with Crippen molar-refractivity contribution in [2.45, 2.75) is 25.0 Å². The summed E-state index contributed by atoms with van der Waals surface area (Å²) in [6.07, 6.45) is 7.14. The third-order valence-electron chi connectivity index (χ3n) is 6.12. The molecule has 1 aromatic heterocycles. The lowest BCUT2D eigenvalue weighted by atomic mass is 9.74. The van der Waals surface area contributed by atoms with E-state index in [2.05, 4.69) is 26.7 Å². The quantitative estimate of drug-likeness (QED) is 0.806. The predicted octanol–water partition coefficient (Wildman–Crippen LogP) is 2.84. The predicted molar refractivity (Wildman–Crippen MR) is 109 cm³/mol. The van der Waals surface area contributed by atoms with Crippen molar-refractivity contribution in [2.24, 2.45) is 11.8 Å². The number of anilines is 1. The van der Waals surface area contributed by atoms with Crippen molar-refractivity contribution < 1.29 is 13.2 Å². The number of hydrogen-bond donors (Lipinski definition) is 1. The molecule has 1 saturated heterocycles. The van der Waals surface area contributed by atoms with Crippen LogP contribution in [0.1, 0.15) is 24.0 Å². The zero-order valence-electron chi connectivity index (χ0n) is 16.3. The number of rotatable bonds is 6. The highest BCUT2D eigenvalue weighted by molar-refractivity contribution is 7.92. The molecule has 2 unspecified atom stereocenters. The molecule has 1 N–H and O–H groups in total. The van der Waals surface area contributed by atoms with E-state index in [1.165, 1.54) is 11.8 Å². The van der Waals surface area contributed by atoms with Crippen LogP contribution in [0, 0.1) is 11.8 Å². The van der Waals surface area contributed by atoms with Gasteiger partial charge in [0.15, 0.2) is 0 Å². The van der Waals surface area contributed by atoms with Crippen LogP contribution in [0.25, 0.3) is 0 Å². The van der Waals surface area contributed by atoms with Crippen molar-refractivity contribution in [1.82, 2.24) is 9.88 Å². The Labute approximate surface area is 167 Å². The van der Waals surface area contributed by atoms with Crippen LogP contribution in [0.5, 0.6) is 0 Å². The van der Waals surface area contributed by atoms with Crippen LogP contribution in [0.15, 0.2) is 48.8 Å². The van der Waals surface area contributed by atoms with Gasteiger partial charge in [-0.05, 0) is 42.2 Å². The number of benzene rings is 1. The van der Waals surface area contributed by atoms with Crippen molar-refractivity contribution in [3.05, 3.63) is 59.9 Å². The average Bonchev–Trinajstić information content (AvgIpc) is 2.85. The van der Waals surface area contributed by atoms with Crippen molar-refractivity contribution in [2.75, 3.05) is 31.2 Å². The minimum Gasteiger partial charge on any atom is -0.373 e. The first-order valence-corrected chi connectivity index (χ1v) is 11.5. The number of ether oxygens (including phenoxy) is 1. The Morgan fingerprint density at radius 3 is 2.57 bits per heavy atom. The van der Waals surface area contributed by atoms with Gasteiger partial charge in [-0.15, -0.1) is 0 Å². The van der Waals surface area contributed by atoms with Gasteiger partial charge in [0.1, 0.15) is 5.60 Å². The second-order valence-corrected chi connectivity index (χ2v) is 9.73. The average molecular weight is 402 g/mol. The molecule has 2 aromatic rings. The first-order valence-electron chi connectivity index (χ1n) is 9.65. The summed E-state index contributed by atoms with van der Waals surface area (Å²) in [6, 6.07) is 11.8. The molecule has 2 fully saturated rings. The van der Waals surface area contributed by atoms with E-state index < -0.39 is 10.0 Å². The summed E-state index contributed by atoms with van der Waals surface area (Å²) in [5, 5.41) is 0. The fourth-order valence-corrected chi connectivity index (χ4v) is 5.71. The molecule has 4 rings (SSSR count). The van der Waals surface area contributed by atoms with Gasteiger partial charge in [-0.3, -0.25) is 14.6 Å². The van der Waals surface area contributed by atoms with Gasteiger partial charge in [0.05, 0.1) is 6.26 Å². The Morgan fingerprint density at radius 1 is 1.21 bits per heavy atom. The number of nitrogens with zero attached hydrogens (tertiary/aromatic N) is 2. The normalized spacial score (nSPS) is 27.6. The lowest BCUT2D eigenvalue weighted by Gasteiger charge is -2.47. The largest absolute Gasteiger partial charge is 0.373 e. The molecule has 0 spiro atoms. The van der Waals surface area contributed by atoms with E-state index in [4.69, 9.17) is 4.74 Å². The van der Waals surface area contributed by atoms with Crippen molar-refractivity contribution in [3.63, 3.8) is 0 Å². The Kier molecular flexibility index (Phi) is 5.16. The number of likely N-dealkylation sites (tertiary alicyclic amines) is 1. The number of aromatic nitrogens is 1. The molecule has 7 heteroatoms. The van der Waals surface area contributed by atoms with Crippen LogP contribution in [-0.2, 0) is 26.9 Å². The molecule has 1 aliphatic carbocycles. The topological polar surface area (TPSA) is 71.5 Å². The first-order chi connectivity index (χ1) is 13.4. The number of sulfonamides is 1. The summed E-state index contributed by atoms with van der Waals surface area (Å²) in [5.41, 5.74) is 2.53. The van der Waals surface area contributed by atoms with Gasteiger partial charge in [-0.25, -0.2) is 8.42 Å². The lowest BCUT2D eigenvalue weighted by Crippen LogP contribution is -2.52. The lowest BCUT2D eigenvalue weighted by molar-refractivity contribution is -0.120. The van der Waals surface area contributed by atoms with Crippen LogP contribution < -0.4 is 4.72 Å². The molecule has 150 valence electrons. The van der Waals surface area contributed by atoms with Gasteiger partial charge in [0, 0.05) is 56.7 Å². The van der Waals surface area contributed by atoms with E-state index in [0.29, 0.717) is 17.5 Å². The summed E-state index contributed by atoms with van der Waals surface area (Å²) < 4.78 is 32.1. The summed E-state index contributed by atoms with van der Waals surface area (Å²) >= 11 is 0. The van der Waals surface area contributed by atoms with Crippen LogP contribution >= 0.6 is 0 Å². The van der Waals surface area contributed by atoms with E-state index in [9.17, 15) is 8.42 Å². The molecule has 0 amide bonds. The Balaban J connectivity index is 1.60. The van der Waals surface area contributed by atoms with E-state index in [0.717, 1.165) is 38.0 Å². The molecule has 2 atom stereocenters. The Bertz CT molecular complexity index is 919. The monoisotopic (exact) mass is 401 g/mol. The van der Waals surface area contributed by atoms with E-state index >= 15 is 0 Å². The first kappa shape index (κ1) is 19.4. The maximum Gasteiger partial charge on any atom is 0.229 e. The smallest absolute Gasteiger partial charge is 0.229 e. The zero-order chi connectivity index (χ0) is 19.8. The standard InChI is InChI=1S/C21H27N3O3S/c1-27-21(17-6-3-7-20(11-17)23-28(2,25)26)18-8-9-19(21)15-24(14-18)13-16-5-4-10-22-12-16/h3-7,10-12,18-19,23H,8-9,13-15H2,1-2H3. The second-order valence-electron chi connectivity index (χ2n) is 7.98. The number of hydrogen-bond acceptors (Lipinski definition) is 5. The van der Waals surface area contributed by atoms with Crippen molar-refractivity contribution in [3.8, 4) is 0 Å². The fourth-order valence-electron chi connectivity index (χ4n) is 5.16. The SMILES string of the molecule is COC1(c2cccc(NS(C)(=O)=O)c2)C2CCC1CN(Cc1cccnc1)C2. The van der Waals surface area contributed by atoms with Gasteiger partial charge in [0.25, 0.3) is 0 Å². The fraction of sp³-hybridized carbons (Fsp3) is 0.476. The molecule has 6 nitrogen and oxygen atoms in total. The van der Waals surface area contributed by atoms with E-state index in [1.807, 2.05) is 24.4 Å². The summed E-state index contributed by atoms with van der Waals surface area (Å²) in [5.74, 6) is 0.753.